The molecule has 0 heterocycles. The van der Waals surface area contributed by atoms with E-state index in [2.05, 4.69) is 38.2 Å². The fourth-order valence-corrected chi connectivity index (χ4v) is 6.85. The lowest BCUT2D eigenvalue weighted by atomic mass is 10.1. The second kappa shape index (κ2) is 37.4. The van der Waals surface area contributed by atoms with E-state index in [-0.39, 0.29) is 19.4 Å². The molecule has 312 valence electrons. The molecule has 11 heteroatoms. The number of carbonyl (C=O) groups excluding carboxylic acids is 2. The Morgan fingerprint density at radius 1 is 0.566 bits per heavy atom. The predicted molar refractivity (Wildman–Crippen MR) is 215 cm³/mol. The third kappa shape index (κ3) is 34.7. The number of allylic oxidation sites excluding steroid dienone is 4. The van der Waals surface area contributed by atoms with Gasteiger partial charge in [0.25, 0.3) is 0 Å². The molecule has 0 spiro atoms. The first kappa shape index (κ1) is 51.5. The van der Waals surface area contributed by atoms with E-state index in [4.69, 9.17) is 14.2 Å². The van der Waals surface area contributed by atoms with Gasteiger partial charge in [-0.15, -0.1) is 0 Å². The van der Waals surface area contributed by atoms with E-state index >= 15 is 0 Å². The van der Waals surface area contributed by atoms with Crippen molar-refractivity contribution < 1.29 is 48.4 Å². The van der Waals surface area contributed by atoms with Crippen LogP contribution >= 0.6 is 7.60 Å². The monoisotopic (exact) mass is 775 g/mol. The zero-order chi connectivity index (χ0) is 39.3. The van der Waals surface area contributed by atoms with E-state index in [0.29, 0.717) is 12.8 Å². The van der Waals surface area contributed by atoms with Gasteiger partial charge in [0.1, 0.15) is 12.7 Å². The van der Waals surface area contributed by atoms with Crippen molar-refractivity contribution in [2.45, 2.75) is 212 Å². The van der Waals surface area contributed by atoms with Crippen LogP contribution in [0, 0.1) is 0 Å². The Hall–Kier alpha value is -1.55. The molecule has 4 N–H and O–H groups in total. The quantitative estimate of drug-likeness (QED) is 0.0205. The van der Waals surface area contributed by atoms with E-state index in [9.17, 15) is 34.2 Å². The third-order valence-corrected chi connectivity index (χ3v) is 10.5. The molecule has 0 rings (SSSR count). The molecule has 0 saturated heterocycles. The second-order valence-electron chi connectivity index (χ2n) is 14.5. The van der Waals surface area contributed by atoms with Crippen LogP contribution in [0.5, 0.6) is 0 Å². The van der Waals surface area contributed by atoms with Gasteiger partial charge in [0, 0.05) is 12.8 Å². The van der Waals surface area contributed by atoms with Crippen LogP contribution in [0.4, 0.5) is 0 Å². The smallest absolute Gasteiger partial charge is 0.356 e. The lowest BCUT2D eigenvalue weighted by Gasteiger charge is -2.25. The highest BCUT2D eigenvalue weighted by Crippen LogP contribution is 2.43. The molecule has 0 aromatic rings. The number of aliphatic hydroxyl groups excluding tert-OH is 2. The summed E-state index contributed by atoms with van der Waals surface area (Å²) in [6.07, 6.45) is 36.3. The van der Waals surface area contributed by atoms with Crippen LogP contribution < -0.4 is 0 Å². The second-order valence-corrected chi connectivity index (χ2v) is 16.2. The Balaban J connectivity index is 4.40. The normalized spacial score (nSPS) is 13.8. The molecule has 10 nitrogen and oxygen atoms in total. The summed E-state index contributed by atoms with van der Waals surface area (Å²) in [4.78, 5) is 44.2. The first-order valence-corrected chi connectivity index (χ1v) is 22.9. The van der Waals surface area contributed by atoms with Gasteiger partial charge < -0.3 is 34.2 Å². The summed E-state index contributed by atoms with van der Waals surface area (Å²) in [5.41, 5.74) is 0. The molecule has 0 aliphatic heterocycles. The van der Waals surface area contributed by atoms with Gasteiger partial charge in [0.05, 0.1) is 13.2 Å². The number of aliphatic hydroxyl groups is 2. The van der Waals surface area contributed by atoms with Crippen molar-refractivity contribution in [1.82, 2.24) is 0 Å². The van der Waals surface area contributed by atoms with Gasteiger partial charge in [0.2, 0.25) is 0 Å². The number of esters is 2. The van der Waals surface area contributed by atoms with E-state index in [1.54, 1.807) is 0 Å². The Kier molecular flexibility index (Phi) is 36.3. The number of hydrogen-bond donors (Lipinski definition) is 4. The molecule has 0 bridgehead atoms. The van der Waals surface area contributed by atoms with Gasteiger partial charge in [-0.3, -0.25) is 14.2 Å². The largest absolute Gasteiger partial charge is 0.462 e. The minimum atomic E-state index is -4.95. The molecule has 0 aromatic carbocycles. The maximum Gasteiger partial charge on any atom is 0.356 e. The highest BCUT2D eigenvalue weighted by Gasteiger charge is 2.37. The Morgan fingerprint density at radius 2 is 0.943 bits per heavy atom. The van der Waals surface area contributed by atoms with Gasteiger partial charge in [-0.2, -0.15) is 0 Å². The maximum atomic E-state index is 12.6. The van der Waals surface area contributed by atoms with Gasteiger partial charge in [0.15, 0.2) is 11.9 Å². The van der Waals surface area contributed by atoms with Crippen molar-refractivity contribution in [1.29, 1.82) is 0 Å². The SMILES string of the molecule is CCCCCCCC/C=C\CCCCCCCC(=O)OC[C@H](COC(C(O)CO)P(=O)(O)O)OC(=O)CCCCCCC/C=C\CCCCCCCC. The van der Waals surface area contributed by atoms with Crippen molar-refractivity contribution in [2.24, 2.45) is 0 Å². The topological polar surface area (TPSA) is 160 Å². The summed E-state index contributed by atoms with van der Waals surface area (Å²) < 4.78 is 27.9. The van der Waals surface area contributed by atoms with E-state index < -0.39 is 50.8 Å². The summed E-state index contributed by atoms with van der Waals surface area (Å²) in [6.45, 7) is 2.68. The van der Waals surface area contributed by atoms with Crippen LogP contribution in [-0.2, 0) is 28.4 Å². The summed E-state index contributed by atoms with van der Waals surface area (Å²) in [5, 5.41) is 19.1. The molecule has 0 aromatic heterocycles. The third-order valence-electron chi connectivity index (χ3n) is 9.31. The molecule has 0 saturated carbocycles. The highest BCUT2D eigenvalue weighted by molar-refractivity contribution is 7.52. The average molecular weight is 775 g/mol. The molecule has 0 aliphatic carbocycles. The van der Waals surface area contributed by atoms with Crippen LogP contribution in [0.1, 0.15) is 194 Å². The molecule has 0 amide bonds. The molecule has 0 fully saturated rings. The zero-order valence-corrected chi connectivity index (χ0v) is 34.5. The molecular weight excluding hydrogens is 695 g/mol. The Labute approximate surface area is 323 Å². The fourth-order valence-electron chi connectivity index (χ4n) is 6.03. The lowest BCUT2D eigenvalue weighted by Crippen LogP contribution is -2.37. The maximum absolute atomic E-state index is 12.6. The van der Waals surface area contributed by atoms with E-state index in [1.165, 1.54) is 77.0 Å². The van der Waals surface area contributed by atoms with Crippen molar-refractivity contribution in [2.75, 3.05) is 19.8 Å². The van der Waals surface area contributed by atoms with E-state index in [1.807, 2.05) is 0 Å². The standard InChI is InChI=1S/C42H79O10P/c1-3-5-7-9-11-13-15-17-19-21-23-25-27-29-31-33-40(45)50-36-38(37-51-42(39(44)35-43)53(47,48)49)52-41(46)34-32-30-28-26-24-22-20-18-16-14-12-10-8-6-4-2/h17-20,38-39,42-44H,3-16,21-37H2,1-2H3,(H2,47,48,49)/b19-17-,20-18-/t38-,39?,42?/m1/s1. The van der Waals surface area contributed by atoms with Crippen molar-refractivity contribution in [3.05, 3.63) is 24.3 Å². The molecular formula is C42H79O10P. The van der Waals surface area contributed by atoms with Gasteiger partial charge in [-0.25, -0.2) is 0 Å². The number of ether oxygens (including phenoxy) is 3. The Morgan fingerprint density at radius 3 is 1.34 bits per heavy atom. The van der Waals surface area contributed by atoms with Crippen molar-refractivity contribution >= 4 is 19.5 Å². The van der Waals surface area contributed by atoms with Crippen LogP contribution in [-0.4, -0.2) is 69.8 Å². The first-order chi connectivity index (χ1) is 25.6. The predicted octanol–water partition coefficient (Wildman–Crippen LogP) is 10.4. The van der Waals surface area contributed by atoms with Crippen LogP contribution in [0.15, 0.2) is 24.3 Å². The summed E-state index contributed by atoms with van der Waals surface area (Å²) >= 11 is 0. The molecule has 2 unspecified atom stereocenters. The zero-order valence-electron chi connectivity index (χ0n) is 33.6. The number of carbonyl (C=O) groups is 2. The van der Waals surface area contributed by atoms with Gasteiger partial charge in [-0.1, -0.05) is 141 Å². The van der Waals surface area contributed by atoms with Crippen LogP contribution in [0.2, 0.25) is 0 Å². The molecule has 0 radical (unpaired) electrons. The minimum absolute atomic E-state index is 0.151. The van der Waals surface area contributed by atoms with Crippen molar-refractivity contribution in [3.63, 3.8) is 0 Å². The fraction of sp³-hybridized carbons (Fsp3) is 0.857. The van der Waals surface area contributed by atoms with E-state index in [0.717, 1.165) is 77.0 Å². The summed E-state index contributed by atoms with van der Waals surface area (Å²) in [5.74, 6) is -2.99. The lowest BCUT2D eigenvalue weighted by molar-refractivity contribution is -0.164. The number of rotatable bonds is 39. The first-order valence-electron chi connectivity index (χ1n) is 21.3. The van der Waals surface area contributed by atoms with Gasteiger partial charge in [-0.05, 0) is 64.2 Å². The molecule has 0 aliphatic rings. The number of hydrogen-bond acceptors (Lipinski definition) is 8. The summed E-state index contributed by atoms with van der Waals surface area (Å²) in [6, 6.07) is 0. The summed E-state index contributed by atoms with van der Waals surface area (Å²) in [7, 11) is -4.95. The number of unbranched alkanes of at least 4 members (excludes halogenated alkanes) is 22. The molecule has 53 heavy (non-hydrogen) atoms. The Bertz CT molecular complexity index is 950. The highest BCUT2D eigenvalue weighted by atomic mass is 31.2. The average Bonchev–Trinajstić information content (AvgIpc) is 3.13. The van der Waals surface area contributed by atoms with Crippen LogP contribution in [0.3, 0.4) is 0 Å². The van der Waals surface area contributed by atoms with Crippen LogP contribution in [0.25, 0.3) is 0 Å². The minimum Gasteiger partial charge on any atom is -0.462 e. The molecule has 3 atom stereocenters. The van der Waals surface area contributed by atoms with Crippen molar-refractivity contribution in [3.8, 4) is 0 Å². The van der Waals surface area contributed by atoms with Gasteiger partial charge >= 0.3 is 19.5 Å².